The Morgan fingerprint density at radius 3 is 2.29 bits per heavy atom. The van der Waals surface area contributed by atoms with Gasteiger partial charge in [-0.05, 0) is 67.9 Å². The lowest BCUT2D eigenvalue weighted by Crippen LogP contribution is -2.58. The van der Waals surface area contributed by atoms with Gasteiger partial charge in [0, 0.05) is 54.6 Å². The number of aromatic nitrogens is 1. The van der Waals surface area contributed by atoms with E-state index in [9.17, 15) is 17.6 Å². The average Bonchev–Trinajstić information content (AvgIpc) is 2.89. The number of halogens is 1. The molecule has 5 rings (SSSR count). The van der Waals surface area contributed by atoms with E-state index < -0.39 is 10.0 Å². The normalized spacial score (nSPS) is 18.4. The Labute approximate surface area is 222 Å². The summed E-state index contributed by atoms with van der Waals surface area (Å²) in [6, 6.07) is 21.5. The minimum absolute atomic E-state index is 0.0243. The fourth-order valence-corrected chi connectivity index (χ4v) is 6.38. The van der Waals surface area contributed by atoms with Crippen molar-refractivity contribution in [3.8, 4) is 0 Å². The average molecular weight is 533 g/mol. The number of nitrogens with one attached hydrogen (secondary N) is 1. The molecule has 4 aromatic rings. The fraction of sp³-hybridized carbons (Fsp3) is 0.241. The van der Waals surface area contributed by atoms with Crippen molar-refractivity contribution >= 4 is 32.5 Å². The molecule has 1 N–H and O–H groups in total. The number of hydrogen-bond acceptors (Lipinski definition) is 5. The maximum atomic E-state index is 13.4. The second-order valence-electron chi connectivity index (χ2n) is 9.75. The SMILES string of the molecule is CC1CN(Cc2ccc(F)cc2)CC(C)N1C(=O)c1ccc(NS(=O)(=O)c2cccc3cccnc23)cc1. The Bertz CT molecular complexity index is 1540. The number of para-hydroxylation sites is 1. The largest absolute Gasteiger partial charge is 0.331 e. The number of piperazine rings is 1. The zero-order valence-corrected chi connectivity index (χ0v) is 22.0. The summed E-state index contributed by atoms with van der Waals surface area (Å²) in [4.78, 5) is 21.9. The van der Waals surface area contributed by atoms with E-state index >= 15 is 0 Å². The maximum absolute atomic E-state index is 13.4. The second kappa shape index (κ2) is 10.5. The molecule has 0 saturated carbocycles. The Hall–Kier alpha value is -3.82. The van der Waals surface area contributed by atoms with Crippen molar-refractivity contribution in [3.05, 3.63) is 102 Å². The number of anilines is 1. The summed E-state index contributed by atoms with van der Waals surface area (Å²) in [5.74, 6) is -0.352. The number of nitrogens with zero attached hydrogens (tertiary/aromatic N) is 3. The van der Waals surface area contributed by atoms with Gasteiger partial charge in [0.15, 0.2) is 0 Å². The molecule has 0 bridgehead atoms. The summed E-state index contributed by atoms with van der Waals surface area (Å²) in [5.41, 5.74) is 2.28. The van der Waals surface area contributed by atoms with E-state index in [2.05, 4.69) is 14.6 Å². The molecule has 7 nitrogen and oxygen atoms in total. The van der Waals surface area contributed by atoms with Crippen molar-refractivity contribution in [2.24, 2.45) is 0 Å². The molecule has 0 aliphatic carbocycles. The van der Waals surface area contributed by atoms with Crippen molar-refractivity contribution in [2.75, 3.05) is 17.8 Å². The summed E-state index contributed by atoms with van der Waals surface area (Å²) < 4.78 is 42.0. The van der Waals surface area contributed by atoms with Gasteiger partial charge in [0.05, 0.1) is 5.52 Å². The van der Waals surface area contributed by atoms with Gasteiger partial charge in [-0.1, -0.05) is 30.3 Å². The van der Waals surface area contributed by atoms with E-state index in [1.165, 1.54) is 18.2 Å². The van der Waals surface area contributed by atoms with E-state index in [1.54, 1.807) is 54.7 Å². The van der Waals surface area contributed by atoms with E-state index in [-0.39, 0.29) is 28.7 Å². The van der Waals surface area contributed by atoms with Crippen molar-refractivity contribution in [1.29, 1.82) is 0 Å². The molecule has 0 radical (unpaired) electrons. The molecule has 0 spiro atoms. The van der Waals surface area contributed by atoms with Crippen LogP contribution in [0, 0.1) is 5.82 Å². The third-order valence-corrected chi connectivity index (χ3v) is 8.23. The highest BCUT2D eigenvalue weighted by Crippen LogP contribution is 2.25. The molecule has 9 heteroatoms. The fourth-order valence-electron chi connectivity index (χ4n) is 5.14. The number of rotatable bonds is 6. The van der Waals surface area contributed by atoms with Crippen LogP contribution >= 0.6 is 0 Å². The molecule has 1 aliphatic rings. The van der Waals surface area contributed by atoms with E-state index in [1.807, 2.05) is 30.9 Å². The Morgan fingerprint density at radius 1 is 0.947 bits per heavy atom. The first-order valence-corrected chi connectivity index (χ1v) is 14.0. The Kier molecular flexibility index (Phi) is 7.14. The molecule has 38 heavy (non-hydrogen) atoms. The van der Waals surface area contributed by atoms with Crippen molar-refractivity contribution in [3.63, 3.8) is 0 Å². The summed E-state index contributed by atoms with van der Waals surface area (Å²) in [6.07, 6.45) is 1.56. The second-order valence-corrected chi connectivity index (χ2v) is 11.4. The van der Waals surface area contributed by atoms with Crippen LogP contribution in [0.1, 0.15) is 29.8 Å². The first kappa shape index (κ1) is 25.8. The zero-order chi connectivity index (χ0) is 26.9. The molecule has 2 atom stereocenters. The van der Waals surface area contributed by atoms with Gasteiger partial charge < -0.3 is 4.90 Å². The van der Waals surface area contributed by atoms with Gasteiger partial charge in [-0.3, -0.25) is 19.4 Å². The number of pyridine rings is 1. The molecule has 2 heterocycles. The molecule has 3 aromatic carbocycles. The van der Waals surface area contributed by atoms with Gasteiger partial charge in [0.2, 0.25) is 0 Å². The maximum Gasteiger partial charge on any atom is 0.264 e. The summed E-state index contributed by atoms with van der Waals surface area (Å²) in [5, 5.41) is 0.734. The number of fused-ring (bicyclic) bond motifs is 1. The Morgan fingerprint density at radius 2 is 1.61 bits per heavy atom. The molecule has 1 aromatic heterocycles. The monoisotopic (exact) mass is 532 g/mol. The highest BCUT2D eigenvalue weighted by Gasteiger charge is 2.33. The number of carbonyl (C=O) groups excluding carboxylic acids is 1. The van der Waals surface area contributed by atoms with E-state index in [0.29, 0.717) is 36.4 Å². The minimum Gasteiger partial charge on any atom is -0.331 e. The van der Waals surface area contributed by atoms with Gasteiger partial charge in [-0.15, -0.1) is 0 Å². The van der Waals surface area contributed by atoms with Crippen molar-refractivity contribution in [1.82, 2.24) is 14.8 Å². The van der Waals surface area contributed by atoms with Crippen LogP contribution in [-0.2, 0) is 16.6 Å². The molecular weight excluding hydrogens is 503 g/mol. The molecule has 1 saturated heterocycles. The third kappa shape index (κ3) is 5.39. The van der Waals surface area contributed by atoms with Crippen LogP contribution in [0.3, 0.4) is 0 Å². The number of benzene rings is 3. The minimum atomic E-state index is -3.88. The zero-order valence-electron chi connectivity index (χ0n) is 21.2. The van der Waals surface area contributed by atoms with Crippen LogP contribution in [0.2, 0.25) is 0 Å². The predicted octanol–water partition coefficient (Wildman–Crippen LogP) is 4.91. The molecule has 196 valence electrons. The Balaban J connectivity index is 1.27. The van der Waals surface area contributed by atoms with Gasteiger partial charge in [0.25, 0.3) is 15.9 Å². The van der Waals surface area contributed by atoms with Crippen LogP contribution < -0.4 is 4.72 Å². The van der Waals surface area contributed by atoms with Gasteiger partial charge in [0.1, 0.15) is 10.7 Å². The lowest BCUT2D eigenvalue weighted by Gasteiger charge is -2.44. The van der Waals surface area contributed by atoms with Crippen LogP contribution in [0.15, 0.2) is 90.0 Å². The molecule has 1 aliphatic heterocycles. The summed E-state index contributed by atoms with van der Waals surface area (Å²) in [6.45, 7) is 6.13. The molecule has 2 unspecified atom stereocenters. The first-order valence-electron chi connectivity index (χ1n) is 12.5. The first-order chi connectivity index (χ1) is 18.2. The number of amides is 1. The van der Waals surface area contributed by atoms with E-state index in [4.69, 9.17) is 0 Å². The number of sulfonamides is 1. The molecule has 1 amide bonds. The van der Waals surface area contributed by atoms with Crippen LogP contribution in [0.5, 0.6) is 0 Å². The van der Waals surface area contributed by atoms with Crippen molar-refractivity contribution < 1.29 is 17.6 Å². The van der Waals surface area contributed by atoms with Crippen molar-refractivity contribution in [2.45, 2.75) is 37.4 Å². The summed E-state index contributed by atoms with van der Waals surface area (Å²) in [7, 11) is -3.88. The van der Waals surface area contributed by atoms with Gasteiger partial charge in [-0.2, -0.15) is 0 Å². The predicted molar refractivity (Wildman–Crippen MR) is 146 cm³/mol. The molecule has 1 fully saturated rings. The third-order valence-electron chi connectivity index (χ3n) is 6.82. The highest BCUT2D eigenvalue weighted by atomic mass is 32.2. The van der Waals surface area contributed by atoms with Crippen LogP contribution in [0.25, 0.3) is 10.9 Å². The standard InChI is InChI=1S/C29H29FN4O3S/c1-20-17-33(19-22-8-12-25(30)13-9-22)18-21(2)34(20)29(35)24-10-14-26(15-11-24)32-38(36,37)27-7-3-5-23-6-4-16-31-28(23)27/h3-16,20-21,32H,17-19H2,1-2H3. The quantitative estimate of drug-likeness (QED) is 0.382. The van der Waals surface area contributed by atoms with Gasteiger partial charge >= 0.3 is 0 Å². The van der Waals surface area contributed by atoms with Gasteiger partial charge in [-0.25, -0.2) is 12.8 Å². The lowest BCUT2D eigenvalue weighted by molar-refractivity contribution is 0.0268. The number of carbonyl (C=O) groups is 1. The number of hydrogen-bond donors (Lipinski definition) is 1. The smallest absolute Gasteiger partial charge is 0.264 e. The van der Waals surface area contributed by atoms with Crippen LogP contribution in [0.4, 0.5) is 10.1 Å². The highest BCUT2D eigenvalue weighted by molar-refractivity contribution is 7.93. The van der Waals surface area contributed by atoms with E-state index in [0.717, 1.165) is 10.9 Å². The lowest BCUT2D eigenvalue weighted by atomic mass is 10.0. The van der Waals surface area contributed by atoms with Crippen LogP contribution in [-0.4, -0.2) is 54.3 Å². The summed E-state index contributed by atoms with van der Waals surface area (Å²) >= 11 is 0. The topological polar surface area (TPSA) is 82.6 Å². The molecular formula is C29H29FN4O3S.